The Morgan fingerprint density at radius 2 is 1.58 bits per heavy atom. The van der Waals surface area contributed by atoms with Gasteiger partial charge in [-0.3, -0.25) is 4.79 Å². The molecule has 0 radical (unpaired) electrons. The Balaban J connectivity index is 1.55. The summed E-state index contributed by atoms with van der Waals surface area (Å²) in [6.45, 7) is 4.50. The monoisotopic (exact) mass is 485 g/mol. The first-order valence-electron chi connectivity index (χ1n) is 11.6. The zero-order chi connectivity index (χ0) is 25.8. The Bertz CT molecular complexity index is 1220. The molecule has 0 bridgehead atoms. The lowest BCUT2D eigenvalue weighted by Crippen LogP contribution is -2.14. The van der Waals surface area contributed by atoms with Gasteiger partial charge in [-0.05, 0) is 54.8 Å². The van der Waals surface area contributed by atoms with Crippen molar-refractivity contribution in [2.24, 2.45) is 5.16 Å². The Morgan fingerprint density at radius 3 is 2.22 bits per heavy atom. The van der Waals surface area contributed by atoms with E-state index in [1.165, 1.54) is 14.2 Å². The molecular weight excluding hydrogens is 454 g/mol. The first-order chi connectivity index (χ1) is 17.5. The van der Waals surface area contributed by atoms with Crippen molar-refractivity contribution in [1.82, 2.24) is 0 Å². The average Bonchev–Trinajstić information content (AvgIpc) is 2.91. The van der Waals surface area contributed by atoms with E-state index in [0.29, 0.717) is 13.2 Å². The molecule has 186 valence electrons. The van der Waals surface area contributed by atoms with Crippen molar-refractivity contribution in [3.63, 3.8) is 0 Å². The summed E-state index contributed by atoms with van der Waals surface area (Å²) in [5.41, 5.74) is 4.79. The molecule has 0 spiro atoms. The average molecular weight is 486 g/mol. The second-order valence-corrected chi connectivity index (χ2v) is 8.05. The normalized spacial score (nSPS) is 11.6. The molecule has 0 aromatic heterocycles. The van der Waals surface area contributed by atoms with Crippen LogP contribution in [0.2, 0.25) is 0 Å². The lowest BCUT2D eigenvalue weighted by atomic mass is 9.96. The van der Waals surface area contributed by atoms with Crippen molar-refractivity contribution in [2.45, 2.75) is 32.8 Å². The fourth-order valence-electron chi connectivity index (χ4n) is 3.63. The van der Waals surface area contributed by atoms with E-state index in [2.05, 4.69) is 17.0 Å². The van der Waals surface area contributed by atoms with E-state index < -0.39 is 0 Å². The highest BCUT2D eigenvalue weighted by Crippen LogP contribution is 2.23. The van der Waals surface area contributed by atoms with E-state index in [4.69, 9.17) is 19.0 Å². The smallest absolute Gasteiger partial charge is 0.307 e. The van der Waals surface area contributed by atoms with E-state index in [-0.39, 0.29) is 18.3 Å². The van der Waals surface area contributed by atoms with Crippen molar-refractivity contribution in [2.75, 3.05) is 20.8 Å². The molecule has 6 nitrogen and oxygen atoms in total. The second kappa shape index (κ2) is 13.6. The molecule has 0 amide bonds. The molecule has 0 saturated heterocycles. The number of hydrogen-bond donors (Lipinski definition) is 0. The van der Waals surface area contributed by atoms with Crippen LogP contribution in [0, 0.1) is 18.8 Å². The zero-order valence-electron chi connectivity index (χ0n) is 21.1. The molecule has 3 aromatic carbocycles. The topological polar surface area (TPSA) is 66.4 Å². The maximum atomic E-state index is 11.7. The van der Waals surface area contributed by atoms with Gasteiger partial charge in [-0.15, -0.1) is 5.92 Å². The van der Waals surface area contributed by atoms with E-state index in [1.54, 1.807) is 6.92 Å². The summed E-state index contributed by atoms with van der Waals surface area (Å²) in [5.74, 6) is 6.92. The van der Waals surface area contributed by atoms with Crippen LogP contribution >= 0.6 is 0 Å². The predicted octanol–water partition coefficient (Wildman–Crippen LogP) is 5.67. The largest absolute Gasteiger partial charge is 0.489 e. The first kappa shape index (κ1) is 26.4. The fraction of sp³-hybridized carbons (Fsp3) is 0.267. The fourth-order valence-corrected chi connectivity index (χ4v) is 3.63. The molecule has 0 aliphatic carbocycles. The van der Waals surface area contributed by atoms with Crippen molar-refractivity contribution in [3.8, 4) is 23.3 Å². The predicted molar refractivity (Wildman–Crippen MR) is 140 cm³/mol. The molecule has 3 aromatic rings. The van der Waals surface area contributed by atoms with Crippen LogP contribution in [-0.2, 0) is 21.0 Å². The lowest BCUT2D eigenvalue weighted by molar-refractivity contribution is -0.140. The van der Waals surface area contributed by atoms with Crippen LogP contribution in [0.5, 0.6) is 11.5 Å². The van der Waals surface area contributed by atoms with Gasteiger partial charge in [-0.2, -0.15) is 0 Å². The summed E-state index contributed by atoms with van der Waals surface area (Å²) in [5, 5.41) is 4.14. The number of rotatable bonds is 11. The highest BCUT2D eigenvalue weighted by atomic mass is 16.6. The van der Waals surface area contributed by atoms with Crippen LogP contribution in [0.25, 0.3) is 0 Å². The summed E-state index contributed by atoms with van der Waals surface area (Å²) in [6, 6.07) is 23.4. The number of carbonyl (C=O) groups excluding carboxylic acids is 1. The van der Waals surface area contributed by atoms with E-state index in [9.17, 15) is 4.79 Å². The van der Waals surface area contributed by atoms with Crippen molar-refractivity contribution in [3.05, 3.63) is 95.1 Å². The van der Waals surface area contributed by atoms with Crippen LogP contribution in [0.15, 0.2) is 78.0 Å². The van der Waals surface area contributed by atoms with Crippen LogP contribution in [0.1, 0.15) is 41.5 Å². The van der Waals surface area contributed by atoms with E-state index >= 15 is 0 Å². The molecule has 0 aliphatic rings. The van der Waals surface area contributed by atoms with Gasteiger partial charge in [0.15, 0.2) is 0 Å². The highest BCUT2D eigenvalue weighted by molar-refractivity contribution is 6.02. The molecular formula is C30H31NO5. The molecule has 3 rings (SSSR count). The molecule has 0 heterocycles. The number of aryl methyl sites for hydroxylation is 1. The van der Waals surface area contributed by atoms with Gasteiger partial charge in [0, 0.05) is 5.56 Å². The van der Waals surface area contributed by atoms with Gasteiger partial charge in [-0.25, -0.2) is 0 Å². The third-order valence-electron chi connectivity index (χ3n) is 5.56. The number of methoxy groups -OCH3 is 1. The summed E-state index contributed by atoms with van der Waals surface area (Å²) in [7, 11) is 2.91. The Morgan fingerprint density at radius 1 is 0.917 bits per heavy atom. The third kappa shape index (κ3) is 7.64. The molecule has 0 aliphatic heterocycles. The number of carbonyl (C=O) groups is 1. The van der Waals surface area contributed by atoms with Gasteiger partial charge in [0.2, 0.25) is 0 Å². The first-order valence-corrected chi connectivity index (χ1v) is 11.6. The van der Waals surface area contributed by atoms with Gasteiger partial charge in [0.1, 0.15) is 37.5 Å². The van der Waals surface area contributed by atoms with E-state index in [0.717, 1.165) is 39.5 Å². The molecule has 0 N–H and O–H groups in total. The quantitative estimate of drug-likeness (QED) is 0.151. The van der Waals surface area contributed by atoms with Gasteiger partial charge in [0.05, 0.1) is 19.4 Å². The maximum absolute atomic E-state index is 11.7. The Labute approximate surface area is 212 Å². The number of ether oxygens (including phenoxy) is 3. The number of oxime groups is 1. The molecule has 0 fully saturated rings. The van der Waals surface area contributed by atoms with Gasteiger partial charge in [0.25, 0.3) is 0 Å². The van der Waals surface area contributed by atoms with Gasteiger partial charge in [-0.1, -0.05) is 59.6 Å². The highest BCUT2D eigenvalue weighted by Gasteiger charge is 2.14. The van der Waals surface area contributed by atoms with Crippen molar-refractivity contribution in [1.29, 1.82) is 0 Å². The van der Waals surface area contributed by atoms with Crippen LogP contribution < -0.4 is 9.47 Å². The van der Waals surface area contributed by atoms with Crippen LogP contribution in [-0.4, -0.2) is 32.5 Å². The summed E-state index contributed by atoms with van der Waals surface area (Å²) in [6.07, 6.45) is 0.218. The number of hydrogen-bond acceptors (Lipinski definition) is 6. The van der Waals surface area contributed by atoms with E-state index in [1.807, 2.05) is 79.7 Å². The molecule has 0 saturated carbocycles. The van der Waals surface area contributed by atoms with Crippen molar-refractivity contribution >= 4 is 11.7 Å². The molecule has 6 heteroatoms. The summed E-state index contributed by atoms with van der Waals surface area (Å²) >= 11 is 0. The Kier molecular flexibility index (Phi) is 9.96. The van der Waals surface area contributed by atoms with Crippen LogP contribution in [0.4, 0.5) is 0 Å². The standard InChI is InChI=1S/C30H31NO5/c1-5-8-25(19-30(32)33-3)24-13-17-27(18-14-24)35-20-23-11-15-26(16-12-23)36-21-29(31-34-4)28-10-7-6-9-22(28)2/h6-7,9-18,25H,19-21H2,1-4H3/b31-29+. The third-order valence-corrected chi connectivity index (χ3v) is 5.56. The lowest BCUT2D eigenvalue weighted by Gasteiger charge is -2.12. The number of esters is 1. The van der Waals surface area contributed by atoms with Crippen LogP contribution in [0.3, 0.4) is 0 Å². The minimum atomic E-state index is -0.284. The summed E-state index contributed by atoms with van der Waals surface area (Å²) < 4.78 is 16.6. The van der Waals surface area contributed by atoms with Crippen molar-refractivity contribution < 1.29 is 23.8 Å². The zero-order valence-corrected chi connectivity index (χ0v) is 21.1. The molecule has 36 heavy (non-hydrogen) atoms. The Hall–Kier alpha value is -4.24. The van der Waals surface area contributed by atoms with Gasteiger partial charge >= 0.3 is 5.97 Å². The summed E-state index contributed by atoms with van der Waals surface area (Å²) in [4.78, 5) is 16.7. The SMILES string of the molecule is CC#CC(CC(=O)OC)c1ccc(OCc2ccc(OC/C(=N\OC)c3ccccc3C)cc2)cc1. The number of benzene rings is 3. The minimum Gasteiger partial charge on any atom is -0.489 e. The van der Waals surface area contributed by atoms with Gasteiger partial charge < -0.3 is 19.0 Å². The maximum Gasteiger partial charge on any atom is 0.307 e. The number of nitrogens with zero attached hydrogens (tertiary/aromatic N) is 1. The molecule has 1 unspecified atom stereocenters. The second-order valence-electron chi connectivity index (χ2n) is 8.05. The minimum absolute atomic E-state index is 0.204. The molecule has 1 atom stereocenters.